The number of aryl methyl sites for hydroxylation is 1. The van der Waals surface area contributed by atoms with Gasteiger partial charge in [0.1, 0.15) is 16.8 Å². The van der Waals surface area contributed by atoms with Crippen molar-refractivity contribution < 1.29 is 9.00 Å². The van der Waals surface area contributed by atoms with E-state index < -0.39 is 11.0 Å². The van der Waals surface area contributed by atoms with E-state index in [4.69, 9.17) is 27.4 Å². The molecule has 5 rings (SSSR count). The highest BCUT2D eigenvalue weighted by molar-refractivity contribution is 7.85. The Balaban J connectivity index is 1.46. The number of fused-ring (bicyclic) bond motifs is 1. The third kappa shape index (κ3) is 5.07. The van der Waals surface area contributed by atoms with Crippen molar-refractivity contribution in [3.63, 3.8) is 0 Å². The van der Waals surface area contributed by atoms with Gasteiger partial charge in [-0.3, -0.25) is 4.79 Å². The molecule has 3 N–H and O–H groups in total. The first-order valence-corrected chi connectivity index (χ1v) is 14.3. The van der Waals surface area contributed by atoms with E-state index in [-0.39, 0.29) is 18.0 Å². The quantitative estimate of drug-likeness (QED) is 0.521. The molecule has 0 spiro atoms. The Bertz CT molecular complexity index is 1310. The normalized spacial score (nSPS) is 20.1. The van der Waals surface area contributed by atoms with Gasteiger partial charge in [-0.2, -0.15) is 5.10 Å². The zero-order valence-electron chi connectivity index (χ0n) is 20.6. The Morgan fingerprint density at radius 3 is 2.69 bits per heavy atom. The third-order valence-electron chi connectivity index (χ3n) is 7.03. The summed E-state index contributed by atoms with van der Waals surface area (Å²) >= 11 is 6.24. The lowest BCUT2D eigenvalue weighted by molar-refractivity contribution is 0.0607. The molecule has 36 heavy (non-hydrogen) atoms. The van der Waals surface area contributed by atoms with E-state index in [0.29, 0.717) is 22.8 Å². The van der Waals surface area contributed by atoms with Crippen LogP contribution in [0.4, 0.5) is 11.5 Å². The number of rotatable bonds is 5. The van der Waals surface area contributed by atoms with E-state index in [0.717, 1.165) is 67.9 Å². The minimum Gasteiger partial charge on any atom is -0.356 e. The third-order valence-corrected chi connectivity index (χ3v) is 7.78. The molecule has 2 fully saturated rings. The van der Waals surface area contributed by atoms with Crippen LogP contribution >= 0.6 is 11.6 Å². The molecular formula is C25H32ClN7O2S. The molecule has 0 bridgehead atoms. The Kier molecular flexibility index (Phi) is 7.18. The van der Waals surface area contributed by atoms with Gasteiger partial charge in [-0.15, -0.1) is 0 Å². The number of hydrogen-bond donors (Lipinski definition) is 2. The molecule has 0 aliphatic carbocycles. The zero-order chi connectivity index (χ0) is 25.4. The summed E-state index contributed by atoms with van der Waals surface area (Å²) in [5.74, 6) is 0.821. The molecule has 3 aromatic rings. The predicted molar refractivity (Wildman–Crippen MR) is 144 cm³/mol. The molecule has 2 aromatic heterocycles. The number of benzene rings is 1. The monoisotopic (exact) mass is 529 g/mol. The van der Waals surface area contributed by atoms with Crippen LogP contribution in [0.5, 0.6) is 0 Å². The SMILES string of the molecule is Cc1cn2nc(C3CCCCN3C(=O)c3cc(Cl)ccc3NS(C)=O)cc2nc1N1CCC(N)CC1. The van der Waals surface area contributed by atoms with Crippen molar-refractivity contribution in [1.82, 2.24) is 19.5 Å². The molecule has 4 heterocycles. The lowest BCUT2D eigenvalue weighted by atomic mass is 9.98. The van der Waals surface area contributed by atoms with Crippen LogP contribution in [0, 0.1) is 6.92 Å². The number of amides is 1. The maximum absolute atomic E-state index is 13.8. The van der Waals surface area contributed by atoms with E-state index in [9.17, 15) is 9.00 Å². The van der Waals surface area contributed by atoms with E-state index in [2.05, 4.69) is 16.5 Å². The summed E-state index contributed by atoms with van der Waals surface area (Å²) in [6.45, 7) is 4.47. The molecule has 1 aromatic carbocycles. The molecule has 2 unspecified atom stereocenters. The molecule has 2 aliphatic heterocycles. The van der Waals surface area contributed by atoms with Crippen molar-refractivity contribution in [2.24, 2.45) is 5.73 Å². The molecule has 2 saturated heterocycles. The largest absolute Gasteiger partial charge is 0.356 e. The summed E-state index contributed by atoms with van der Waals surface area (Å²) in [5, 5.41) is 5.30. The molecule has 0 saturated carbocycles. The van der Waals surface area contributed by atoms with Crippen molar-refractivity contribution in [2.45, 2.75) is 51.1 Å². The number of anilines is 2. The lowest BCUT2D eigenvalue weighted by Crippen LogP contribution is -2.40. The van der Waals surface area contributed by atoms with Crippen LogP contribution in [-0.2, 0) is 11.0 Å². The number of hydrogen-bond acceptors (Lipinski definition) is 6. The van der Waals surface area contributed by atoms with E-state index in [1.54, 1.807) is 18.2 Å². The van der Waals surface area contributed by atoms with Gasteiger partial charge in [0.15, 0.2) is 5.65 Å². The summed E-state index contributed by atoms with van der Waals surface area (Å²) in [7, 11) is -1.32. The van der Waals surface area contributed by atoms with Gasteiger partial charge in [0.05, 0.1) is 23.0 Å². The number of carbonyl (C=O) groups excluding carboxylic acids is 1. The Hall–Kier alpha value is -2.69. The molecule has 192 valence electrons. The number of nitrogens with one attached hydrogen (secondary N) is 1. The van der Waals surface area contributed by atoms with Gasteiger partial charge in [0.2, 0.25) is 0 Å². The van der Waals surface area contributed by atoms with Crippen LogP contribution in [0.2, 0.25) is 5.02 Å². The van der Waals surface area contributed by atoms with Crippen LogP contribution in [0.15, 0.2) is 30.5 Å². The minimum absolute atomic E-state index is 0.151. The van der Waals surface area contributed by atoms with Crippen LogP contribution in [0.3, 0.4) is 0 Å². The van der Waals surface area contributed by atoms with Crippen molar-refractivity contribution in [1.29, 1.82) is 0 Å². The number of carbonyl (C=O) groups is 1. The lowest BCUT2D eigenvalue weighted by Gasteiger charge is -2.35. The van der Waals surface area contributed by atoms with Crippen LogP contribution in [0.1, 0.15) is 59.8 Å². The fourth-order valence-electron chi connectivity index (χ4n) is 5.19. The number of nitrogens with two attached hydrogens (primary N) is 1. The van der Waals surface area contributed by atoms with Crippen LogP contribution in [-0.4, -0.2) is 61.5 Å². The molecule has 9 nitrogen and oxygen atoms in total. The average molecular weight is 530 g/mol. The van der Waals surface area contributed by atoms with Gasteiger partial charge >= 0.3 is 0 Å². The average Bonchev–Trinajstić information content (AvgIpc) is 3.27. The van der Waals surface area contributed by atoms with Crippen molar-refractivity contribution in [3.05, 3.63) is 52.3 Å². The van der Waals surface area contributed by atoms with E-state index in [1.165, 1.54) is 6.26 Å². The number of halogens is 1. The predicted octanol–water partition coefficient (Wildman–Crippen LogP) is 3.69. The molecule has 2 atom stereocenters. The van der Waals surface area contributed by atoms with Gasteiger partial charge in [-0.05, 0) is 57.2 Å². The molecule has 1 amide bonds. The smallest absolute Gasteiger partial charge is 0.256 e. The van der Waals surface area contributed by atoms with E-state index >= 15 is 0 Å². The first-order valence-electron chi connectivity index (χ1n) is 12.4. The number of aromatic nitrogens is 3. The van der Waals surface area contributed by atoms with E-state index in [1.807, 2.05) is 21.7 Å². The molecule has 2 aliphatic rings. The van der Waals surface area contributed by atoms with Gasteiger partial charge < -0.3 is 20.3 Å². The summed E-state index contributed by atoms with van der Waals surface area (Å²) in [6.07, 6.45) is 8.20. The summed E-state index contributed by atoms with van der Waals surface area (Å²) in [4.78, 5) is 22.9. The summed E-state index contributed by atoms with van der Waals surface area (Å²) < 4.78 is 16.5. The van der Waals surface area contributed by atoms with Gasteiger partial charge in [-0.1, -0.05) is 11.6 Å². The fraction of sp³-hybridized carbons (Fsp3) is 0.480. The Labute approximate surface area is 218 Å². The van der Waals surface area contributed by atoms with Crippen LogP contribution < -0.4 is 15.4 Å². The van der Waals surface area contributed by atoms with Gasteiger partial charge in [0, 0.05) is 54.8 Å². The molecule has 0 radical (unpaired) electrons. The van der Waals surface area contributed by atoms with Gasteiger partial charge in [-0.25, -0.2) is 13.7 Å². The first-order chi connectivity index (χ1) is 17.3. The number of nitrogens with zero attached hydrogens (tertiary/aromatic N) is 5. The topological polar surface area (TPSA) is 109 Å². The maximum atomic E-state index is 13.8. The summed E-state index contributed by atoms with van der Waals surface area (Å²) in [6, 6.07) is 7.09. The second-order valence-electron chi connectivity index (χ2n) is 9.70. The minimum atomic E-state index is -1.32. The summed E-state index contributed by atoms with van der Waals surface area (Å²) in [5.41, 5.74) is 9.66. The van der Waals surface area contributed by atoms with Crippen LogP contribution in [0.25, 0.3) is 5.65 Å². The van der Waals surface area contributed by atoms with Crippen molar-refractivity contribution >= 4 is 45.6 Å². The first kappa shape index (κ1) is 25.0. The highest BCUT2D eigenvalue weighted by atomic mass is 35.5. The van der Waals surface area contributed by atoms with Crippen molar-refractivity contribution in [2.75, 3.05) is 35.5 Å². The zero-order valence-corrected chi connectivity index (χ0v) is 22.2. The second-order valence-corrected chi connectivity index (χ2v) is 11.2. The van der Waals surface area contributed by atoms with Gasteiger partial charge in [0.25, 0.3) is 5.91 Å². The highest BCUT2D eigenvalue weighted by Crippen LogP contribution is 2.34. The molecular weight excluding hydrogens is 498 g/mol. The van der Waals surface area contributed by atoms with Crippen molar-refractivity contribution in [3.8, 4) is 0 Å². The maximum Gasteiger partial charge on any atom is 0.256 e. The standard InChI is InChI=1S/C25H32ClN7O2S/c1-16-15-33-23(28-24(16)31-11-8-18(27)9-12-31)14-21(29-33)22-5-3-4-10-32(22)25(34)19-13-17(26)6-7-20(19)30-36(2)35/h6-7,13-15,18,22,30H,3-5,8-12,27H2,1-2H3. The second kappa shape index (κ2) is 10.4. The Morgan fingerprint density at radius 1 is 1.17 bits per heavy atom. The number of piperidine rings is 2. The fourth-order valence-corrected chi connectivity index (χ4v) is 5.85. The number of likely N-dealkylation sites (tertiary alicyclic amines) is 1. The Morgan fingerprint density at radius 2 is 1.94 bits per heavy atom. The highest BCUT2D eigenvalue weighted by Gasteiger charge is 2.32. The molecule has 11 heteroatoms.